The van der Waals surface area contributed by atoms with Gasteiger partial charge in [0, 0.05) is 11.3 Å². The normalized spacial score (nSPS) is 12.7. The van der Waals surface area contributed by atoms with Crippen LogP contribution >= 0.6 is 11.8 Å². The zero-order valence-corrected chi connectivity index (χ0v) is 13.8. The second kappa shape index (κ2) is 7.42. The van der Waals surface area contributed by atoms with Crippen LogP contribution in [0.5, 0.6) is 11.5 Å². The largest absolute Gasteiger partial charge is 0.486 e. The van der Waals surface area contributed by atoms with E-state index in [1.807, 2.05) is 48.7 Å². The quantitative estimate of drug-likeness (QED) is 0.849. The van der Waals surface area contributed by atoms with Gasteiger partial charge in [-0.3, -0.25) is 4.79 Å². The summed E-state index contributed by atoms with van der Waals surface area (Å²) < 4.78 is 11.1. The van der Waals surface area contributed by atoms with Gasteiger partial charge < -0.3 is 14.8 Å². The summed E-state index contributed by atoms with van der Waals surface area (Å²) in [5.41, 5.74) is 1.94. The predicted octanol–water partition coefficient (Wildman–Crippen LogP) is 3.75. The summed E-state index contributed by atoms with van der Waals surface area (Å²) in [6.07, 6.45) is 3.10. The van der Waals surface area contributed by atoms with Crippen LogP contribution in [0.25, 0.3) is 0 Å². The lowest BCUT2D eigenvalue weighted by molar-refractivity contribution is -0.116. The Balaban J connectivity index is 1.58. The Morgan fingerprint density at radius 1 is 1.13 bits per heavy atom. The number of fused-ring (bicyclic) bond motifs is 1. The van der Waals surface area contributed by atoms with Crippen LogP contribution in [-0.4, -0.2) is 25.4 Å². The summed E-state index contributed by atoms with van der Waals surface area (Å²) in [6.45, 7) is 1.16. The van der Waals surface area contributed by atoms with Gasteiger partial charge in [-0.25, -0.2) is 0 Å². The molecule has 2 aromatic carbocycles. The van der Waals surface area contributed by atoms with Gasteiger partial charge in [-0.1, -0.05) is 18.2 Å². The van der Waals surface area contributed by atoms with Crippen LogP contribution in [0.4, 0.5) is 5.69 Å². The lowest BCUT2D eigenvalue weighted by Crippen LogP contribution is -2.16. The van der Waals surface area contributed by atoms with Crippen molar-refractivity contribution in [2.45, 2.75) is 17.7 Å². The fourth-order valence-corrected chi connectivity index (χ4v) is 3.02. The molecule has 1 aliphatic heterocycles. The molecule has 4 nitrogen and oxygen atoms in total. The minimum Gasteiger partial charge on any atom is -0.486 e. The fourth-order valence-electron chi connectivity index (χ4n) is 2.46. The Labute approximate surface area is 140 Å². The molecule has 120 valence electrons. The molecule has 1 aliphatic rings. The number of amides is 1. The van der Waals surface area contributed by atoms with Crippen molar-refractivity contribution in [2.24, 2.45) is 0 Å². The van der Waals surface area contributed by atoms with E-state index in [2.05, 4.69) is 5.32 Å². The summed E-state index contributed by atoms with van der Waals surface area (Å²) in [5, 5.41) is 2.98. The van der Waals surface area contributed by atoms with E-state index < -0.39 is 0 Å². The van der Waals surface area contributed by atoms with Gasteiger partial charge >= 0.3 is 0 Å². The monoisotopic (exact) mass is 329 g/mol. The second-order valence-corrected chi connectivity index (χ2v) is 6.07. The van der Waals surface area contributed by atoms with Gasteiger partial charge in [0.1, 0.15) is 13.2 Å². The van der Waals surface area contributed by atoms with Gasteiger partial charge in [0.2, 0.25) is 5.91 Å². The number of para-hydroxylation sites is 1. The van der Waals surface area contributed by atoms with Crippen molar-refractivity contribution in [1.29, 1.82) is 0 Å². The molecule has 0 aliphatic carbocycles. The first kappa shape index (κ1) is 15.7. The van der Waals surface area contributed by atoms with Crippen molar-refractivity contribution in [3.63, 3.8) is 0 Å². The molecule has 3 rings (SSSR count). The SMILES string of the molecule is CSc1ccccc1NC(=O)CCc1ccc2c(c1)OCCO2. The van der Waals surface area contributed by atoms with Gasteiger partial charge in [0.15, 0.2) is 11.5 Å². The summed E-state index contributed by atoms with van der Waals surface area (Å²) in [4.78, 5) is 13.2. The number of nitrogens with one attached hydrogen (secondary N) is 1. The van der Waals surface area contributed by atoms with Crippen LogP contribution in [0.1, 0.15) is 12.0 Å². The van der Waals surface area contributed by atoms with E-state index in [-0.39, 0.29) is 5.91 Å². The molecule has 1 amide bonds. The molecule has 0 fully saturated rings. The molecule has 5 heteroatoms. The van der Waals surface area contributed by atoms with Crippen LogP contribution in [0, 0.1) is 0 Å². The lowest BCUT2D eigenvalue weighted by atomic mass is 10.1. The fraction of sp³-hybridized carbons (Fsp3) is 0.278. The van der Waals surface area contributed by atoms with Crippen molar-refractivity contribution in [2.75, 3.05) is 24.8 Å². The molecule has 1 N–H and O–H groups in total. The number of hydrogen-bond donors (Lipinski definition) is 1. The molecule has 1 heterocycles. The molecule has 0 radical (unpaired) electrons. The molecule has 0 aromatic heterocycles. The van der Waals surface area contributed by atoms with E-state index in [1.54, 1.807) is 11.8 Å². The highest BCUT2D eigenvalue weighted by molar-refractivity contribution is 7.98. The van der Waals surface area contributed by atoms with E-state index in [4.69, 9.17) is 9.47 Å². The Bertz CT molecular complexity index is 702. The first-order chi connectivity index (χ1) is 11.3. The molecule has 0 spiro atoms. The van der Waals surface area contributed by atoms with E-state index in [1.165, 1.54) is 0 Å². The molecule has 23 heavy (non-hydrogen) atoms. The molecule has 0 saturated heterocycles. The third kappa shape index (κ3) is 3.99. The molecule has 0 saturated carbocycles. The summed E-state index contributed by atoms with van der Waals surface area (Å²) in [6, 6.07) is 13.7. The zero-order chi connectivity index (χ0) is 16.1. The van der Waals surface area contributed by atoms with Gasteiger partial charge in [-0.2, -0.15) is 0 Å². The van der Waals surface area contributed by atoms with Gasteiger partial charge in [-0.05, 0) is 42.5 Å². The second-order valence-electron chi connectivity index (χ2n) is 5.23. The van der Waals surface area contributed by atoms with Crippen molar-refractivity contribution >= 4 is 23.4 Å². The minimum atomic E-state index is 0.0152. The van der Waals surface area contributed by atoms with Crippen LogP contribution in [-0.2, 0) is 11.2 Å². The van der Waals surface area contributed by atoms with Gasteiger partial charge in [0.05, 0.1) is 5.69 Å². The maximum atomic E-state index is 12.2. The number of anilines is 1. The first-order valence-corrected chi connectivity index (χ1v) is 8.80. The molecule has 2 aromatic rings. The lowest BCUT2D eigenvalue weighted by Gasteiger charge is -2.18. The Morgan fingerprint density at radius 2 is 1.91 bits per heavy atom. The van der Waals surface area contributed by atoms with E-state index in [9.17, 15) is 4.79 Å². The van der Waals surface area contributed by atoms with Crippen LogP contribution in [0.15, 0.2) is 47.4 Å². The van der Waals surface area contributed by atoms with Crippen LogP contribution in [0.2, 0.25) is 0 Å². The number of aryl methyl sites for hydroxylation is 1. The highest BCUT2D eigenvalue weighted by Crippen LogP contribution is 2.31. The topological polar surface area (TPSA) is 47.6 Å². The number of rotatable bonds is 5. The summed E-state index contributed by atoms with van der Waals surface area (Å²) in [5.74, 6) is 1.56. The van der Waals surface area contributed by atoms with E-state index in [0.29, 0.717) is 26.1 Å². The van der Waals surface area contributed by atoms with E-state index >= 15 is 0 Å². The maximum Gasteiger partial charge on any atom is 0.224 e. The van der Waals surface area contributed by atoms with Gasteiger partial charge in [0.25, 0.3) is 0 Å². The first-order valence-electron chi connectivity index (χ1n) is 7.57. The molecule has 0 unspecified atom stereocenters. The molecule has 0 atom stereocenters. The van der Waals surface area contributed by atoms with E-state index in [0.717, 1.165) is 27.6 Å². The number of benzene rings is 2. The number of carbonyl (C=O) groups is 1. The summed E-state index contributed by atoms with van der Waals surface area (Å²) >= 11 is 1.62. The number of hydrogen-bond acceptors (Lipinski definition) is 4. The van der Waals surface area contributed by atoms with Crippen molar-refractivity contribution in [3.05, 3.63) is 48.0 Å². The maximum absolute atomic E-state index is 12.2. The third-order valence-corrected chi connectivity index (χ3v) is 4.42. The Kier molecular flexibility index (Phi) is 5.08. The molecular weight excluding hydrogens is 310 g/mol. The zero-order valence-electron chi connectivity index (χ0n) is 13.0. The third-order valence-electron chi connectivity index (χ3n) is 3.63. The number of thioether (sulfide) groups is 1. The Morgan fingerprint density at radius 3 is 2.74 bits per heavy atom. The summed E-state index contributed by atoms with van der Waals surface area (Å²) in [7, 11) is 0. The van der Waals surface area contributed by atoms with Crippen molar-refractivity contribution in [3.8, 4) is 11.5 Å². The van der Waals surface area contributed by atoms with Crippen LogP contribution in [0.3, 0.4) is 0 Å². The number of carbonyl (C=O) groups excluding carboxylic acids is 1. The molecular formula is C18H19NO3S. The highest BCUT2D eigenvalue weighted by Gasteiger charge is 2.12. The van der Waals surface area contributed by atoms with Gasteiger partial charge in [-0.15, -0.1) is 11.8 Å². The highest BCUT2D eigenvalue weighted by atomic mass is 32.2. The Hall–Kier alpha value is -2.14. The average Bonchev–Trinajstić information content (AvgIpc) is 2.60. The minimum absolute atomic E-state index is 0.0152. The van der Waals surface area contributed by atoms with Crippen LogP contribution < -0.4 is 14.8 Å². The predicted molar refractivity (Wildman–Crippen MR) is 92.6 cm³/mol. The smallest absolute Gasteiger partial charge is 0.224 e. The number of ether oxygens (including phenoxy) is 2. The van der Waals surface area contributed by atoms with Crippen molar-refractivity contribution < 1.29 is 14.3 Å². The molecule has 0 bridgehead atoms. The average molecular weight is 329 g/mol. The van der Waals surface area contributed by atoms with Crippen molar-refractivity contribution in [1.82, 2.24) is 0 Å². The standard InChI is InChI=1S/C18H19NO3S/c1-23-17-5-3-2-4-14(17)19-18(20)9-7-13-6-8-15-16(12-13)22-11-10-21-15/h2-6,8,12H,7,9-11H2,1H3,(H,19,20).